The lowest BCUT2D eigenvalue weighted by molar-refractivity contribution is 0.406. The van der Waals surface area contributed by atoms with Gasteiger partial charge in [-0.2, -0.15) is 0 Å². The van der Waals surface area contributed by atoms with Gasteiger partial charge in [0.25, 0.3) is 0 Å². The van der Waals surface area contributed by atoms with Gasteiger partial charge in [-0.05, 0) is 31.6 Å². The molecule has 3 heteroatoms. The zero-order chi connectivity index (χ0) is 14.4. The van der Waals surface area contributed by atoms with Crippen LogP contribution in [0.4, 0.5) is 0 Å². The fraction of sp³-hybridized carbons (Fsp3) is 0.625. The summed E-state index contributed by atoms with van der Waals surface area (Å²) in [6.07, 6.45) is 5.30. The predicted octanol–water partition coefficient (Wildman–Crippen LogP) is 4.12. The fourth-order valence-electron chi connectivity index (χ4n) is 2.21. The van der Waals surface area contributed by atoms with E-state index in [4.69, 9.17) is 0 Å². The number of aromatic hydroxyl groups is 3. The quantitative estimate of drug-likeness (QED) is 0.650. The minimum atomic E-state index is -0.00473. The third-order valence-electron chi connectivity index (χ3n) is 3.47. The Bertz CT molecular complexity index is 411. The first kappa shape index (κ1) is 15.7. The van der Waals surface area contributed by atoms with Crippen LogP contribution in [-0.4, -0.2) is 15.3 Å². The summed E-state index contributed by atoms with van der Waals surface area (Å²) in [5.41, 5.74) is 1.14. The standard InChI is InChI=1S/C16H26O3/c1-4-5-6-7-12-14(17)10-15(18)13(16(12)19)9-8-11(2)3/h10-11,17-19H,4-9H2,1-3H3. The summed E-state index contributed by atoms with van der Waals surface area (Å²) >= 11 is 0. The van der Waals surface area contributed by atoms with Crippen LogP contribution in [0.25, 0.3) is 0 Å². The minimum absolute atomic E-state index is 0.000556. The highest BCUT2D eigenvalue weighted by Crippen LogP contribution is 2.39. The van der Waals surface area contributed by atoms with Gasteiger partial charge in [0, 0.05) is 17.2 Å². The molecular weight excluding hydrogens is 240 g/mol. The van der Waals surface area contributed by atoms with Gasteiger partial charge in [-0.3, -0.25) is 0 Å². The van der Waals surface area contributed by atoms with Crippen molar-refractivity contribution in [1.29, 1.82) is 0 Å². The van der Waals surface area contributed by atoms with Crippen LogP contribution in [-0.2, 0) is 12.8 Å². The molecule has 108 valence electrons. The van der Waals surface area contributed by atoms with Gasteiger partial charge < -0.3 is 15.3 Å². The molecule has 0 amide bonds. The monoisotopic (exact) mass is 266 g/mol. The Morgan fingerprint density at radius 1 is 0.947 bits per heavy atom. The summed E-state index contributed by atoms with van der Waals surface area (Å²) in [5.74, 6) is 0.583. The SMILES string of the molecule is CCCCCc1c(O)cc(O)c(CCC(C)C)c1O. The second-order valence-corrected chi connectivity index (χ2v) is 5.61. The van der Waals surface area contributed by atoms with E-state index < -0.39 is 0 Å². The van der Waals surface area contributed by atoms with Crippen molar-refractivity contribution >= 4 is 0 Å². The molecular formula is C16H26O3. The summed E-state index contributed by atoms with van der Waals surface area (Å²) in [4.78, 5) is 0. The molecule has 0 bridgehead atoms. The number of hydrogen-bond donors (Lipinski definition) is 3. The summed E-state index contributed by atoms with van der Waals surface area (Å²) < 4.78 is 0. The maximum Gasteiger partial charge on any atom is 0.129 e. The van der Waals surface area contributed by atoms with Crippen LogP contribution < -0.4 is 0 Å². The molecule has 1 rings (SSSR count). The third-order valence-corrected chi connectivity index (χ3v) is 3.47. The average Bonchev–Trinajstić information content (AvgIpc) is 2.32. The van der Waals surface area contributed by atoms with Crippen molar-refractivity contribution in [2.75, 3.05) is 0 Å². The van der Waals surface area contributed by atoms with Gasteiger partial charge >= 0.3 is 0 Å². The Labute approximate surface area is 115 Å². The van der Waals surface area contributed by atoms with Crippen LogP contribution in [0.15, 0.2) is 6.07 Å². The molecule has 0 aliphatic heterocycles. The van der Waals surface area contributed by atoms with Crippen molar-refractivity contribution in [3.05, 3.63) is 17.2 Å². The lowest BCUT2D eigenvalue weighted by Gasteiger charge is -2.14. The fourth-order valence-corrected chi connectivity index (χ4v) is 2.21. The van der Waals surface area contributed by atoms with Crippen molar-refractivity contribution < 1.29 is 15.3 Å². The highest BCUT2D eigenvalue weighted by molar-refractivity contribution is 5.55. The summed E-state index contributed by atoms with van der Waals surface area (Å²) in [5, 5.41) is 30.0. The van der Waals surface area contributed by atoms with Gasteiger partial charge in [0.2, 0.25) is 0 Å². The van der Waals surface area contributed by atoms with E-state index >= 15 is 0 Å². The van der Waals surface area contributed by atoms with E-state index in [9.17, 15) is 15.3 Å². The average molecular weight is 266 g/mol. The minimum Gasteiger partial charge on any atom is -0.507 e. The van der Waals surface area contributed by atoms with Crippen LogP contribution in [0.2, 0.25) is 0 Å². The van der Waals surface area contributed by atoms with Gasteiger partial charge in [0.1, 0.15) is 17.2 Å². The van der Waals surface area contributed by atoms with Crippen LogP contribution in [0.5, 0.6) is 17.2 Å². The Balaban J connectivity index is 2.94. The van der Waals surface area contributed by atoms with Gasteiger partial charge in [-0.15, -0.1) is 0 Å². The van der Waals surface area contributed by atoms with E-state index in [1.165, 1.54) is 6.07 Å². The summed E-state index contributed by atoms with van der Waals surface area (Å²) in [6.45, 7) is 6.33. The maximum atomic E-state index is 10.2. The molecule has 0 aromatic heterocycles. The molecule has 1 aromatic rings. The van der Waals surface area contributed by atoms with Crippen molar-refractivity contribution in [1.82, 2.24) is 0 Å². The van der Waals surface area contributed by atoms with Gasteiger partial charge in [-0.25, -0.2) is 0 Å². The molecule has 3 nitrogen and oxygen atoms in total. The highest BCUT2D eigenvalue weighted by atomic mass is 16.3. The molecule has 0 unspecified atom stereocenters. The smallest absolute Gasteiger partial charge is 0.129 e. The number of benzene rings is 1. The van der Waals surface area contributed by atoms with E-state index in [1.807, 2.05) is 0 Å². The number of unbranched alkanes of at least 4 members (excludes halogenated alkanes) is 2. The number of phenolic OH excluding ortho intramolecular Hbond substituents is 3. The molecule has 1 aromatic carbocycles. The highest BCUT2D eigenvalue weighted by Gasteiger charge is 2.17. The van der Waals surface area contributed by atoms with Gasteiger partial charge in [0.05, 0.1) is 0 Å². The first-order chi connectivity index (χ1) is 8.97. The molecule has 0 spiro atoms. The summed E-state index contributed by atoms with van der Waals surface area (Å²) in [7, 11) is 0. The van der Waals surface area contributed by atoms with E-state index in [2.05, 4.69) is 20.8 Å². The molecule has 0 atom stereocenters. The van der Waals surface area contributed by atoms with E-state index in [0.717, 1.165) is 25.7 Å². The van der Waals surface area contributed by atoms with Crippen LogP contribution in [0.3, 0.4) is 0 Å². The zero-order valence-corrected chi connectivity index (χ0v) is 12.2. The van der Waals surface area contributed by atoms with E-state index in [1.54, 1.807) is 0 Å². The molecule has 0 aliphatic carbocycles. The lowest BCUT2D eigenvalue weighted by Crippen LogP contribution is -1.97. The molecule has 0 radical (unpaired) electrons. The normalized spacial score (nSPS) is 11.2. The van der Waals surface area contributed by atoms with Crippen molar-refractivity contribution in [3.63, 3.8) is 0 Å². The van der Waals surface area contributed by atoms with Gasteiger partial charge in [0.15, 0.2) is 0 Å². The van der Waals surface area contributed by atoms with Crippen molar-refractivity contribution in [2.45, 2.75) is 59.3 Å². The molecule has 0 saturated carbocycles. The van der Waals surface area contributed by atoms with Crippen LogP contribution in [0.1, 0.15) is 57.6 Å². The lowest BCUT2D eigenvalue weighted by atomic mass is 9.96. The Morgan fingerprint density at radius 2 is 1.53 bits per heavy atom. The summed E-state index contributed by atoms with van der Waals surface area (Å²) in [6, 6.07) is 1.36. The molecule has 0 saturated heterocycles. The molecule has 0 fully saturated rings. The van der Waals surface area contributed by atoms with Gasteiger partial charge in [-0.1, -0.05) is 33.6 Å². The number of hydrogen-bond acceptors (Lipinski definition) is 3. The Morgan fingerprint density at radius 3 is 2.05 bits per heavy atom. The Kier molecular flexibility index (Phi) is 6.00. The number of phenols is 3. The zero-order valence-electron chi connectivity index (χ0n) is 12.2. The maximum absolute atomic E-state index is 10.2. The van der Waals surface area contributed by atoms with Crippen LogP contribution >= 0.6 is 0 Å². The molecule has 3 N–H and O–H groups in total. The predicted molar refractivity (Wildman–Crippen MR) is 77.8 cm³/mol. The third kappa shape index (κ3) is 4.34. The Hall–Kier alpha value is -1.38. The first-order valence-electron chi connectivity index (χ1n) is 7.23. The molecule has 0 aliphatic rings. The van der Waals surface area contributed by atoms with E-state index in [-0.39, 0.29) is 17.2 Å². The molecule has 0 heterocycles. The van der Waals surface area contributed by atoms with Crippen molar-refractivity contribution in [3.8, 4) is 17.2 Å². The second-order valence-electron chi connectivity index (χ2n) is 5.61. The topological polar surface area (TPSA) is 60.7 Å². The number of rotatable bonds is 7. The van der Waals surface area contributed by atoms with E-state index in [0.29, 0.717) is 29.9 Å². The van der Waals surface area contributed by atoms with Crippen LogP contribution in [0, 0.1) is 5.92 Å². The first-order valence-corrected chi connectivity index (χ1v) is 7.23. The molecule has 19 heavy (non-hydrogen) atoms. The largest absolute Gasteiger partial charge is 0.507 e. The van der Waals surface area contributed by atoms with Crippen molar-refractivity contribution in [2.24, 2.45) is 5.92 Å². The second kappa shape index (κ2) is 7.27.